The molecule has 1 amide bonds. The SMILES string of the molecule is CCOc1ccc(S(=O)(=O)N2CCC[C@@H](C(=O)N[C@@H](C)c3ccc(Cl)cc3)C2)cc1C. The molecule has 2 aromatic carbocycles. The first kappa shape index (κ1) is 23.6. The highest BCUT2D eigenvalue weighted by Gasteiger charge is 2.34. The zero-order valence-corrected chi connectivity index (χ0v) is 19.7. The van der Waals surface area contributed by atoms with Crippen LogP contribution in [0.1, 0.15) is 43.9 Å². The Bertz CT molecular complexity index is 1020. The van der Waals surface area contributed by atoms with Gasteiger partial charge in [-0.05, 0) is 75.1 Å². The summed E-state index contributed by atoms with van der Waals surface area (Å²) in [6, 6.07) is 12.0. The van der Waals surface area contributed by atoms with Gasteiger partial charge in [0.1, 0.15) is 5.75 Å². The number of piperidine rings is 1. The van der Waals surface area contributed by atoms with E-state index in [1.54, 1.807) is 30.3 Å². The van der Waals surface area contributed by atoms with Crippen LogP contribution in [0.25, 0.3) is 0 Å². The van der Waals surface area contributed by atoms with Crippen LogP contribution in [0.2, 0.25) is 5.02 Å². The molecule has 1 fully saturated rings. The van der Waals surface area contributed by atoms with Crippen LogP contribution < -0.4 is 10.1 Å². The minimum atomic E-state index is -3.68. The van der Waals surface area contributed by atoms with Gasteiger partial charge in [-0.1, -0.05) is 23.7 Å². The van der Waals surface area contributed by atoms with Crippen LogP contribution in [-0.4, -0.2) is 38.3 Å². The van der Waals surface area contributed by atoms with E-state index < -0.39 is 10.0 Å². The van der Waals surface area contributed by atoms with Gasteiger partial charge in [0, 0.05) is 18.1 Å². The van der Waals surface area contributed by atoms with Gasteiger partial charge in [0.15, 0.2) is 0 Å². The van der Waals surface area contributed by atoms with Crippen LogP contribution in [0.3, 0.4) is 0 Å². The average molecular weight is 465 g/mol. The molecule has 31 heavy (non-hydrogen) atoms. The number of rotatable bonds is 7. The molecule has 0 radical (unpaired) electrons. The van der Waals surface area contributed by atoms with Crippen molar-refractivity contribution >= 4 is 27.5 Å². The van der Waals surface area contributed by atoms with Crippen molar-refractivity contribution < 1.29 is 17.9 Å². The number of amides is 1. The van der Waals surface area contributed by atoms with E-state index in [2.05, 4.69) is 5.32 Å². The maximum atomic E-state index is 13.2. The molecule has 2 aromatic rings. The maximum Gasteiger partial charge on any atom is 0.243 e. The number of hydrogen-bond donors (Lipinski definition) is 1. The minimum Gasteiger partial charge on any atom is -0.494 e. The molecule has 0 unspecified atom stereocenters. The van der Waals surface area contributed by atoms with Gasteiger partial charge in [0.2, 0.25) is 15.9 Å². The molecular formula is C23H29ClN2O4S. The first-order chi connectivity index (χ1) is 14.7. The zero-order chi connectivity index (χ0) is 22.6. The van der Waals surface area contributed by atoms with Crippen molar-refractivity contribution in [2.75, 3.05) is 19.7 Å². The van der Waals surface area contributed by atoms with Crippen LogP contribution in [0, 0.1) is 12.8 Å². The van der Waals surface area contributed by atoms with Crippen LogP contribution in [0.4, 0.5) is 0 Å². The quantitative estimate of drug-likeness (QED) is 0.661. The summed E-state index contributed by atoms with van der Waals surface area (Å²) in [5, 5.41) is 3.65. The summed E-state index contributed by atoms with van der Waals surface area (Å²) in [7, 11) is -3.68. The molecule has 1 aliphatic rings. The molecule has 168 valence electrons. The standard InChI is InChI=1S/C23H29ClN2O4S/c1-4-30-22-12-11-21(14-16(22)2)31(28,29)26-13-5-6-19(15-26)23(27)25-17(3)18-7-9-20(24)10-8-18/h7-12,14,17,19H,4-6,13,15H2,1-3H3,(H,25,27)/t17-,19+/m0/s1. The molecule has 0 spiro atoms. The van der Waals surface area contributed by atoms with Gasteiger partial charge in [-0.3, -0.25) is 4.79 Å². The van der Waals surface area contributed by atoms with E-state index >= 15 is 0 Å². The second-order valence-corrected chi connectivity index (χ2v) is 10.2. The lowest BCUT2D eigenvalue weighted by Crippen LogP contribution is -2.45. The number of halogens is 1. The van der Waals surface area contributed by atoms with Gasteiger partial charge in [-0.2, -0.15) is 4.31 Å². The van der Waals surface area contributed by atoms with E-state index in [1.165, 1.54) is 4.31 Å². The van der Waals surface area contributed by atoms with Crippen molar-refractivity contribution in [3.8, 4) is 5.75 Å². The molecule has 1 saturated heterocycles. The van der Waals surface area contributed by atoms with E-state index in [-0.39, 0.29) is 29.3 Å². The number of ether oxygens (including phenoxy) is 1. The molecule has 1 heterocycles. The first-order valence-corrected chi connectivity index (χ1v) is 12.3. The number of aryl methyl sites for hydroxylation is 1. The second-order valence-electron chi connectivity index (χ2n) is 7.84. The highest BCUT2D eigenvalue weighted by molar-refractivity contribution is 7.89. The third-order valence-electron chi connectivity index (χ3n) is 5.57. The number of nitrogens with zero attached hydrogens (tertiary/aromatic N) is 1. The Balaban J connectivity index is 1.69. The summed E-state index contributed by atoms with van der Waals surface area (Å²) in [6.07, 6.45) is 1.30. The van der Waals surface area contributed by atoms with Gasteiger partial charge in [0.05, 0.1) is 23.5 Å². The fraction of sp³-hybridized carbons (Fsp3) is 0.435. The smallest absolute Gasteiger partial charge is 0.243 e. The Morgan fingerprint density at radius 3 is 2.61 bits per heavy atom. The van der Waals surface area contributed by atoms with Crippen molar-refractivity contribution in [1.82, 2.24) is 9.62 Å². The van der Waals surface area contributed by atoms with Gasteiger partial charge < -0.3 is 10.1 Å². The molecule has 0 aromatic heterocycles. The van der Waals surface area contributed by atoms with E-state index in [4.69, 9.17) is 16.3 Å². The molecule has 1 aliphatic heterocycles. The first-order valence-electron chi connectivity index (χ1n) is 10.5. The summed E-state index contributed by atoms with van der Waals surface area (Å²) < 4.78 is 33.3. The summed E-state index contributed by atoms with van der Waals surface area (Å²) in [6.45, 7) is 6.72. The van der Waals surface area contributed by atoms with Gasteiger partial charge in [0.25, 0.3) is 0 Å². The number of carbonyl (C=O) groups is 1. The van der Waals surface area contributed by atoms with E-state index in [0.717, 1.165) is 11.1 Å². The van der Waals surface area contributed by atoms with Crippen LogP contribution in [0.15, 0.2) is 47.4 Å². The van der Waals surface area contributed by atoms with Crippen molar-refractivity contribution in [2.45, 2.75) is 44.6 Å². The van der Waals surface area contributed by atoms with E-state index in [9.17, 15) is 13.2 Å². The summed E-state index contributed by atoms with van der Waals surface area (Å²) in [5.41, 5.74) is 1.72. The molecule has 3 rings (SSSR count). The summed E-state index contributed by atoms with van der Waals surface area (Å²) in [5.74, 6) is 0.154. The van der Waals surface area contributed by atoms with Crippen LogP contribution in [-0.2, 0) is 14.8 Å². The largest absolute Gasteiger partial charge is 0.494 e. The van der Waals surface area contributed by atoms with E-state index in [1.807, 2.05) is 32.9 Å². The van der Waals surface area contributed by atoms with Gasteiger partial charge >= 0.3 is 0 Å². The monoisotopic (exact) mass is 464 g/mol. The van der Waals surface area contributed by atoms with E-state index in [0.29, 0.717) is 36.8 Å². The average Bonchev–Trinajstić information content (AvgIpc) is 2.75. The lowest BCUT2D eigenvalue weighted by molar-refractivity contribution is -0.126. The van der Waals surface area contributed by atoms with Gasteiger partial charge in [-0.15, -0.1) is 0 Å². The van der Waals surface area contributed by atoms with Crippen molar-refractivity contribution in [1.29, 1.82) is 0 Å². The predicted molar refractivity (Wildman–Crippen MR) is 122 cm³/mol. The lowest BCUT2D eigenvalue weighted by atomic mass is 9.98. The number of benzene rings is 2. The Kier molecular flexibility index (Phi) is 7.62. The van der Waals surface area contributed by atoms with Crippen LogP contribution in [0.5, 0.6) is 5.75 Å². The molecule has 8 heteroatoms. The highest BCUT2D eigenvalue weighted by atomic mass is 35.5. The third-order valence-corrected chi connectivity index (χ3v) is 7.68. The molecule has 6 nitrogen and oxygen atoms in total. The Morgan fingerprint density at radius 2 is 1.97 bits per heavy atom. The number of carbonyl (C=O) groups excluding carboxylic acids is 1. The summed E-state index contributed by atoms with van der Waals surface area (Å²) in [4.78, 5) is 13.1. The van der Waals surface area contributed by atoms with Gasteiger partial charge in [-0.25, -0.2) is 8.42 Å². The molecule has 1 N–H and O–H groups in total. The Morgan fingerprint density at radius 1 is 1.26 bits per heavy atom. The number of nitrogens with one attached hydrogen (secondary N) is 1. The zero-order valence-electron chi connectivity index (χ0n) is 18.1. The predicted octanol–water partition coefficient (Wildman–Crippen LogP) is 4.33. The molecule has 0 saturated carbocycles. The highest BCUT2D eigenvalue weighted by Crippen LogP contribution is 2.28. The topological polar surface area (TPSA) is 75.7 Å². The molecule has 0 aliphatic carbocycles. The Hall–Kier alpha value is -2.09. The third kappa shape index (κ3) is 5.59. The van der Waals surface area contributed by atoms with Crippen molar-refractivity contribution in [2.24, 2.45) is 5.92 Å². The molecular weight excluding hydrogens is 436 g/mol. The minimum absolute atomic E-state index is 0.134. The number of hydrogen-bond acceptors (Lipinski definition) is 4. The van der Waals surface area contributed by atoms with Crippen molar-refractivity contribution in [3.05, 3.63) is 58.6 Å². The second kappa shape index (κ2) is 10.0. The fourth-order valence-corrected chi connectivity index (χ4v) is 5.53. The maximum absolute atomic E-state index is 13.2. The van der Waals surface area contributed by atoms with Crippen LogP contribution >= 0.6 is 11.6 Å². The van der Waals surface area contributed by atoms with Crippen molar-refractivity contribution in [3.63, 3.8) is 0 Å². The number of sulfonamides is 1. The molecule has 0 bridgehead atoms. The lowest BCUT2D eigenvalue weighted by Gasteiger charge is -2.32. The fourth-order valence-electron chi connectivity index (χ4n) is 3.79. The summed E-state index contributed by atoms with van der Waals surface area (Å²) >= 11 is 5.93. The normalized spacial score (nSPS) is 18.4. The Labute approximate surface area is 189 Å². The molecule has 2 atom stereocenters.